The first-order chi connectivity index (χ1) is 12.6. The van der Waals surface area contributed by atoms with Crippen LogP contribution >= 0.6 is 0 Å². The standard InChI is InChI=1S/C19H20N2O5/c1-24-10-4-5-14-12(8-10)11-6-7-21-9-13(18(22)25-2)15(19(23)26-3)17(21)16(11)20-14/h4-5,8,13,20H,6-7,9H2,1-3H3. The fourth-order valence-corrected chi connectivity index (χ4v) is 3.98. The summed E-state index contributed by atoms with van der Waals surface area (Å²) in [6, 6.07) is 5.84. The molecule has 0 saturated carbocycles. The second kappa shape index (κ2) is 6.09. The summed E-state index contributed by atoms with van der Waals surface area (Å²) in [6.45, 7) is 1.14. The van der Waals surface area contributed by atoms with Gasteiger partial charge in [-0.2, -0.15) is 0 Å². The van der Waals surface area contributed by atoms with E-state index in [-0.39, 0.29) is 0 Å². The van der Waals surface area contributed by atoms with Gasteiger partial charge >= 0.3 is 11.9 Å². The highest BCUT2D eigenvalue weighted by molar-refractivity contribution is 6.05. The number of H-pyrrole nitrogens is 1. The average Bonchev–Trinajstić information content (AvgIpc) is 3.24. The number of hydrogen-bond acceptors (Lipinski definition) is 6. The highest BCUT2D eigenvalue weighted by atomic mass is 16.5. The first kappa shape index (κ1) is 16.5. The van der Waals surface area contributed by atoms with Crippen LogP contribution in [-0.4, -0.2) is 56.2 Å². The molecule has 3 heterocycles. The number of methoxy groups -OCH3 is 3. The number of rotatable bonds is 3. The van der Waals surface area contributed by atoms with E-state index in [1.54, 1.807) is 7.11 Å². The molecule has 0 radical (unpaired) electrons. The van der Waals surface area contributed by atoms with E-state index in [1.807, 2.05) is 18.2 Å². The smallest absolute Gasteiger partial charge is 0.336 e. The van der Waals surface area contributed by atoms with Crippen LogP contribution in [0.3, 0.4) is 0 Å². The molecule has 7 nitrogen and oxygen atoms in total. The molecule has 7 heteroatoms. The van der Waals surface area contributed by atoms with Gasteiger partial charge in [0.2, 0.25) is 0 Å². The van der Waals surface area contributed by atoms with Gasteiger partial charge in [0, 0.05) is 24.0 Å². The van der Waals surface area contributed by atoms with Gasteiger partial charge in [-0.15, -0.1) is 0 Å². The quantitative estimate of drug-likeness (QED) is 0.844. The van der Waals surface area contributed by atoms with Crippen molar-refractivity contribution < 1.29 is 23.8 Å². The maximum Gasteiger partial charge on any atom is 0.336 e. The Hall–Kier alpha value is -2.96. The van der Waals surface area contributed by atoms with Crippen LogP contribution in [0.1, 0.15) is 11.3 Å². The zero-order chi connectivity index (χ0) is 18.4. The minimum Gasteiger partial charge on any atom is -0.497 e. The number of nitrogens with one attached hydrogen (secondary N) is 1. The molecule has 0 saturated heterocycles. The highest BCUT2D eigenvalue weighted by Crippen LogP contribution is 2.43. The van der Waals surface area contributed by atoms with Crippen molar-refractivity contribution in [1.82, 2.24) is 9.88 Å². The second-order valence-electron chi connectivity index (χ2n) is 6.42. The molecule has 0 amide bonds. The lowest BCUT2D eigenvalue weighted by Gasteiger charge is -2.27. The van der Waals surface area contributed by atoms with Crippen LogP contribution in [0.5, 0.6) is 5.75 Å². The van der Waals surface area contributed by atoms with Crippen molar-refractivity contribution in [3.05, 3.63) is 35.0 Å². The predicted molar refractivity (Wildman–Crippen MR) is 94.6 cm³/mol. The lowest BCUT2D eigenvalue weighted by molar-refractivity contribution is -0.147. The van der Waals surface area contributed by atoms with Gasteiger partial charge in [-0.25, -0.2) is 4.79 Å². The molecule has 2 aromatic rings. The number of fused-ring (bicyclic) bond motifs is 5. The molecule has 1 aromatic carbocycles. The summed E-state index contributed by atoms with van der Waals surface area (Å²) in [5.74, 6) is -0.786. The minimum absolute atomic E-state index is 0.360. The fraction of sp³-hybridized carbons (Fsp3) is 0.368. The number of benzene rings is 1. The molecule has 0 fully saturated rings. The highest BCUT2D eigenvalue weighted by Gasteiger charge is 2.44. The first-order valence-corrected chi connectivity index (χ1v) is 8.43. The Bertz CT molecular complexity index is 943. The van der Waals surface area contributed by atoms with Crippen molar-refractivity contribution in [3.8, 4) is 5.75 Å². The van der Waals surface area contributed by atoms with Crippen LogP contribution in [0, 0.1) is 5.92 Å². The van der Waals surface area contributed by atoms with E-state index in [0.29, 0.717) is 12.1 Å². The van der Waals surface area contributed by atoms with Gasteiger partial charge in [0.25, 0.3) is 0 Å². The van der Waals surface area contributed by atoms with E-state index >= 15 is 0 Å². The molecular weight excluding hydrogens is 336 g/mol. The molecule has 2 aliphatic rings. The Balaban J connectivity index is 1.94. The Labute approximate surface area is 150 Å². The number of esters is 2. The lowest BCUT2D eigenvalue weighted by Crippen LogP contribution is -2.30. The summed E-state index contributed by atoms with van der Waals surface area (Å²) < 4.78 is 15.2. The third-order valence-electron chi connectivity index (χ3n) is 5.20. The number of ether oxygens (including phenoxy) is 3. The molecule has 0 aliphatic carbocycles. The number of carbonyl (C=O) groups is 2. The summed E-state index contributed by atoms with van der Waals surface area (Å²) in [4.78, 5) is 30.2. The molecule has 4 rings (SSSR count). The summed E-state index contributed by atoms with van der Waals surface area (Å²) in [5.41, 5.74) is 4.06. The average molecular weight is 356 g/mol. The Morgan fingerprint density at radius 1 is 1.19 bits per heavy atom. The van der Waals surface area contributed by atoms with Crippen molar-refractivity contribution >= 4 is 28.5 Å². The monoisotopic (exact) mass is 356 g/mol. The normalized spacial score (nSPS) is 18.6. The van der Waals surface area contributed by atoms with Crippen LogP contribution in [0.15, 0.2) is 23.8 Å². The number of nitrogens with zero attached hydrogens (tertiary/aromatic N) is 1. The molecule has 1 aromatic heterocycles. The molecular formula is C19H20N2O5. The summed E-state index contributed by atoms with van der Waals surface area (Å²) in [5, 5.41) is 1.07. The van der Waals surface area contributed by atoms with E-state index < -0.39 is 17.9 Å². The number of aromatic amines is 1. The van der Waals surface area contributed by atoms with Crippen LogP contribution in [0.4, 0.5) is 0 Å². The molecule has 1 N–H and O–H groups in total. The topological polar surface area (TPSA) is 80.9 Å². The van der Waals surface area contributed by atoms with E-state index in [1.165, 1.54) is 14.2 Å². The van der Waals surface area contributed by atoms with Gasteiger partial charge < -0.3 is 24.1 Å². The maximum atomic E-state index is 12.5. The molecule has 1 atom stereocenters. The zero-order valence-electron chi connectivity index (χ0n) is 14.9. The van der Waals surface area contributed by atoms with E-state index in [0.717, 1.165) is 46.6 Å². The van der Waals surface area contributed by atoms with Crippen molar-refractivity contribution in [2.75, 3.05) is 34.4 Å². The molecule has 2 aliphatic heterocycles. The predicted octanol–water partition coefficient (Wildman–Crippen LogP) is 1.72. The summed E-state index contributed by atoms with van der Waals surface area (Å²) in [6.07, 6.45) is 0.814. The van der Waals surface area contributed by atoms with Gasteiger partial charge in [0.1, 0.15) is 11.7 Å². The van der Waals surface area contributed by atoms with Crippen LogP contribution in [0.25, 0.3) is 16.6 Å². The SMILES string of the molecule is COC(=O)C1=C2c3[nH]c4ccc(OC)cc4c3CCN2CC1C(=O)OC. The van der Waals surface area contributed by atoms with Crippen molar-refractivity contribution in [1.29, 1.82) is 0 Å². The van der Waals surface area contributed by atoms with Crippen molar-refractivity contribution in [2.24, 2.45) is 5.92 Å². The van der Waals surface area contributed by atoms with E-state index in [2.05, 4.69) is 9.88 Å². The second-order valence-corrected chi connectivity index (χ2v) is 6.42. The fourth-order valence-electron chi connectivity index (χ4n) is 3.98. The number of aromatic nitrogens is 1. The van der Waals surface area contributed by atoms with Crippen molar-refractivity contribution in [2.45, 2.75) is 6.42 Å². The molecule has 0 bridgehead atoms. The Morgan fingerprint density at radius 3 is 2.69 bits per heavy atom. The number of hydrogen-bond donors (Lipinski definition) is 1. The van der Waals surface area contributed by atoms with Gasteiger partial charge in [-0.1, -0.05) is 0 Å². The van der Waals surface area contributed by atoms with Gasteiger partial charge in [-0.05, 0) is 30.2 Å². The van der Waals surface area contributed by atoms with Gasteiger partial charge in [-0.3, -0.25) is 4.79 Å². The summed E-state index contributed by atoms with van der Waals surface area (Å²) >= 11 is 0. The third-order valence-corrected chi connectivity index (χ3v) is 5.20. The number of carbonyl (C=O) groups excluding carboxylic acids is 2. The third kappa shape index (κ3) is 2.27. The summed E-state index contributed by atoms with van der Waals surface area (Å²) in [7, 11) is 4.30. The minimum atomic E-state index is -0.644. The molecule has 0 spiro atoms. The van der Waals surface area contributed by atoms with Crippen LogP contribution in [0.2, 0.25) is 0 Å². The first-order valence-electron chi connectivity index (χ1n) is 8.43. The van der Waals surface area contributed by atoms with E-state index in [4.69, 9.17) is 14.2 Å². The van der Waals surface area contributed by atoms with Crippen LogP contribution < -0.4 is 4.74 Å². The van der Waals surface area contributed by atoms with Crippen molar-refractivity contribution in [3.63, 3.8) is 0 Å². The Kier molecular flexibility index (Phi) is 3.86. The molecule has 26 heavy (non-hydrogen) atoms. The maximum absolute atomic E-state index is 12.5. The van der Waals surface area contributed by atoms with Crippen LogP contribution in [-0.2, 0) is 25.5 Å². The zero-order valence-corrected chi connectivity index (χ0v) is 14.9. The van der Waals surface area contributed by atoms with Gasteiger partial charge in [0.05, 0.1) is 38.3 Å². The van der Waals surface area contributed by atoms with E-state index in [9.17, 15) is 9.59 Å². The molecule has 136 valence electrons. The Morgan fingerprint density at radius 2 is 2.00 bits per heavy atom. The lowest BCUT2D eigenvalue weighted by atomic mass is 9.97. The van der Waals surface area contributed by atoms with Gasteiger partial charge in [0.15, 0.2) is 0 Å². The molecule has 1 unspecified atom stereocenters. The largest absolute Gasteiger partial charge is 0.497 e.